The van der Waals surface area contributed by atoms with Gasteiger partial charge >= 0.3 is 0 Å². The standard InChI is InChI=1S/C14H13BrClNO2/c1-19-14-5-3-10(15)7-12(14)17-8-9-2-4-13(18)11(16)6-9/h2-7,17-18H,8H2,1H3. The first kappa shape index (κ1) is 14.0. The van der Waals surface area contributed by atoms with E-state index in [1.807, 2.05) is 24.3 Å². The highest BCUT2D eigenvalue weighted by Gasteiger charge is 2.04. The molecule has 5 heteroatoms. The highest BCUT2D eigenvalue weighted by atomic mass is 79.9. The van der Waals surface area contributed by atoms with Crippen molar-refractivity contribution in [2.24, 2.45) is 0 Å². The van der Waals surface area contributed by atoms with Crippen LogP contribution in [0.2, 0.25) is 5.02 Å². The van der Waals surface area contributed by atoms with Crippen LogP contribution in [0.1, 0.15) is 5.56 Å². The Morgan fingerprint density at radius 3 is 2.74 bits per heavy atom. The molecule has 0 atom stereocenters. The predicted molar refractivity (Wildman–Crippen MR) is 81.1 cm³/mol. The first-order valence-electron chi connectivity index (χ1n) is 5.65. The van der Waals surface area contributed by atoms with Crippen LogP contribution >= 0.6 is 27.5 Å². The van der Waals surface area contributed by atoms with E-state index in [1.54, 1.807) is 19.2 Å². The van der Waals surface area contributed by atoms with E-state index >= 15 is 0 Å². The van der Waals surface area contributed by atoms with Crippen molar-refractivity contribution in [3.05, 3.63) is 51.5 Å². The van der Waals surface area contributed by atoms with Crippen LogP contribution in [0, 0.1) is 0 Å². The summed E-state index contributed by atoms with van der Waals surface area (Å²) in [5.74, 6) is 0.860. The number of ether oxygens (including phenoxy) is 1. The highest BCUT2D eigenvalue weighted by Crippen LogP contribution is 2.29. The second-order valence-electron chi connectivity index (χ2n) is 3.98. The smallest absolute Gasteiger partial charge is 0.142 e. The summed E-state index contributed by atoms with van der Waals surface area (Å²) >= 11 is 9.29. The Morgan fingerprint density at radius 2 is 2.05 bits per heavy atom. The number of halogens is 2. The average molecular weight is 343 g/mol. The Kier molecular flexibility index (Phi) is 4.56. The minimum absolute atomic E-state index is 0.0884. The van der Waals surface area contributed by atoms with Crippen molar-refractivity contribution in [2.75, 3.05) is 12.4 Å². The Labute approximate surface area is 125 Å². The fraction of sp³-hybridized carbons (Fsp3) is 0.143. The lowest BCUT2D eigenvalue weighted by molar-refractivity contribution is 0.416. The van der Waals surface area contributed by atoms with Crippen LogP contribution in [-0.4, -0.2) is 12.2 Å². The molecule has 0 unspecified atom stereocenters. The van der Waals surface area contributed by atoms with Crippen molar-refractivity contribution >= 4 is 33.2 Å². The van der Waals surface area contributed by atoms with E-state index in [0.29, 0.717) is 11.6 Å². The number of rotatable bonds is 4. The minimum Gasteiger partial charge on any atom is -0.506 e. The number of nitrogens with one attached hydrogen (secondary N) is 1. The third kappa shape index (κ3) is 3.55. The fourth-order valence-electron chi connectivity index (χ4n) is 1.68. The molecule has 3 nitrogen and oxygen atoms in total. The van der Waals surface area contributed by atoms with Crippen LogP contribution < -0.4 is 10.1 Å². The zero-order valence-electron chi connectivity index (χ0n) is 10.3. The largest absolute Gasteiger partial charge is 0.506 e. The van der Waals surface area contributed by atoms with E-state index in [1.165, 1.54) is 0 Å². The molecule has 0 radical (unpaired) electrons. The van der Waals surface area contributed by atoms with Gasteiger partial charge in [-0.15, -0.1) is 0 Å². The summed E-state index contributed by atoms with van der Waals surface area (Å²) in [5, 5.41) is 13.0. The van der Waals surface area contributed by atoms with Gasteiger partial charge in [-0.2, -0.15) is 0 Å². The molecule has 0 aliphatic carbocycles. The van der Waals surface area contributed by atoms with Crippen molar-refractivity contribution in [1.29, 1.82) is 0 Å². The number of anilines is 1. The van der Waals surface area contributed by atoms with Crippen LogP contribution in [-0.2, 0) is 6.54 Å². The molecule has 0 heterocycles. The van der Waals surface area contributed by atoms with E-state index in [-0.39, 0.29) is 5.75 Å². The fourth-order valence-corrected chi connectivity index (χ4v) is 2.24. The summed E-state index contributed by atoms with van der Waals surface area (Å²) in [6.07, 6.45) is 0. The second-order valence-corrected chi connectivity index (χ2v) is 5.31. The van der Waals surface area contributed by atoms with Gasteiger partial charge < -0.3 is 15.2 Å². The molecule has 0 saturated heterocycles. The molecule has 0 fully saturated rings. The van der Waals surface area contributed by atoms with Crippen LogP contribution in [0.4, 0.5) is 5.69 Å². The molecule has 2 aromatic rings. The third-order valence-corrected chi connectivity index (χ3v) is 3.45. The van der Waals surface area contributed by atoms with Gasteiger partial charge in [-0.3, -0.25) is 0 Å². The van der Waals surface area contributed by atoms with Crippen molar-refractivity contribution in [1.82, 2.24) is 0 Å². The minimum atomic E-state index is 0.0884. The molecular weight excluding hydrogens is 330 g/mol. The number of aromatic hydroxyl groups is 1. The van der Waals surface area contributed by atoms with Gasteiger partial charge in [-0.1, -0.05) is 33.6 Å². The molecule has 0 aromatic heterocycles. The normalized spacial score (nSPS) is 10.3. The number of phenols is 1. The Bertz CT molecular complexity index is 590. The van der Waals surface area contributed by atoms with Crippen molar-refractivity contribution < 1.29 is 9.84 Å². The van der Waals surface area contributed by atoms with Crippen molar-refractivity contribution in [3.63, 3.8) is 0 Å². The van der Waals surface area contributed by atoms with E-state index in [0.717, 1.165) is 21.5 Å². The Morgan fingerprint density at radius 1 is 1.26 bits per heavy atom. The van der Waals surface area contributed by atoms with Gasteiger partial charge in [-0.05, 0) is 35.9 Å². The molecule has 0 amide bonds. The van der Waals surface area contributed by atoms with Crippen LogP contribution in [0.25, 0.3) is 0 Å². The Hall–Kier alpha value is -1.39. The number of phenolic OH excluding ortho intramolecular Hbond substituents is 1. The number of methoxy groups -OCH3 is 1. The second kappa shape index (κ2) is 6.17. The molecular formula is C14H13BrClNO2. The number of hydrogen-bond donors (Lipinski definition) is 2. The number of benzene rings is 2. The SMILES string of the molecule is COc1ccc(Br)cc1NCc1ccc(O)c(Cl)c1. The maximum atomic E-state index is 9.37. The predicted octanol–water partition coefficient (Wildman–Crippen LogP) is 4.43. The van der Waals surface area contributed by atoms with E-state index in [2.05, 4.69) is 21.2 Å². The van der Waals surface area contributed by atoms with E-state index in [4.69, 9.17) is 16.3 Å². The molecule has 2 N–H and O–H groups in total. The third-order valence-electron chi connectivity index (χ3n) is 2.66. The van der Waals surface area contributed by atoms with Gasteiger partial charge in [0, 0.05) is 11.0 Å². The maximum absolute atomic E-state index is 9.37. The maximum Gasteiger partial charge on any atom is 0.142 e. The lowest BCUT2D eigenvalue weighted by Gasteiger charge is -2.12. The summed E-state index contributed by atoms with van der Waals surface area (Å²) in [5.41, 5.74) is 1.87. The van der Waals surface area contributed by atoms with Gasteiger partial charge in [-0.25, -0.2) is 0 Å². The van der Waals surface area contributed by atoms with E-state index < -0.39 is 0 Å². The van der Waals surface area contributed by atoms with Gasteiger partial charge in [0.15, 0.2) is 0 Å². The molecule has 0 saturated carbocycles. The monoisotopic (exact) mass is 341 g/mol. The average Bonchev–Trinajstić information content (AvgIpc) is 2.40. The quantitative estimate of drug-likeness (QED) is 0.863. The molecule has 100 valence electrons. The summed E-state index contributed by atoms with van der Waals surface area (Å²) < 4.78 is 6.25. The number of hydrogen-bond acceptors (Lipinski definition) is 3. The van der Waals surface area contributed by atoms with Crippen LogP contribution in [0.5, 0.6) is 11.5 Å². The van der Waals surface area contributed by atoms with Crippen molar-refractivity contribution in [2.45, 2.75) is 6.54 Å². The van der Waals surface area contributed by atoms with Gasteiger partial charge in [0.05, 0.1) is 17.8 Å². The molecule has 0 aliphatic heterocycles. The first-order chi connectivity index (χ1) is 9.10. The lowest BCUT2D eigenvalue weighted by Crippen LogP contribution is -2.01. The summed E-state index contributed by atoms with van der Waals surface area (Å²) in [6.45, 7) is 0.590. The van der Waals surface area contributed by atoms with Gasteiger partial charge in [0.2, 0.25) is 0 Å². The summed E-state index contributed by atoms with van der Waals surface area (Å²) in [4.78, 5) is 0. The first-order valence-corrected chi connectivity index (χ1v) is 6.82. The van der Waals surface area contributed by atoms with Gasteiger partial charge in [0.25, 0.3) is 0 Å². The van der Waals surface area contributed by atoms with Crippen molar-refractivity contribution in [3.8, 4) is 11.5 Å². The van der Waals surface area contributed by atoms with Crippen LogP contribution in [0.3, 0.4) is 0 Å². The summed E-state index contributed by atoms with van der Waals surface area (Å²) in [6, 6.07) is 10.9. The van der Waals surface area contributed by atoms with Gasteiger partial charge in [0.1, 0.15) is 11.5 Å². The molecule has 0 bridgehead atoms. The van der Waals surface area contributed by atoms with Crippen LogP contribution in [0.15, 0.2) is 40.9 Å². The van der Waals surface area contributed by atoms with E-state index in [9.17, 15) is 5.11 Å². The summed E-state index contributed by atoms with van der Waals surface area (Å²) in [7, 11) is 1.63. The molecule has 0 aliphatic rings. The zero-order valence-corrected chi connectivity index (χ0v) is 12.6. The molecule has 2 aromatic carbocycles. The topological polar surface area (TPSA) is 41.5 Å². The molecule has 19 heavy (non-hydrogen) atoms. The lowest BCUT2D eigenvalue weighted by atomic mass is 10.2. The molecule has 0 spiro atoms. The zero-order chi connectivity index (χ0) is 13.8. The molecule has 2 rings (SSSR count). The Balaban J connectivity index is 2.13. The highest BCUT2D eigenvalue weighted by molar-refractivity contribution is 9.10.